The standard InChI is InChI=1S/C16H11BrN2O/c17-13-4-1-5-14(10-13)19-16(20)12-6-7-15-11(9-12)3-2-8-18-15/h1-10H,(H,19,20). The molecular formula is C16H11BrN2O. The molecule has 1 N–H and O–H groups in total. The van der Waals surface area contributed by atoms with E-state index in [1.807, 2.05) is 48.5 Å². The average Bonchev–Trinajstić information content (AvgIpc) is 2.47. The summed E-state index contributed by atoms with van der Waals surface area (Å²) in [5, 5.41) is 3.83. The van der Waals surface area contributed by atoms with Crippen LogP contribution in [-0.4, -0.2) is 10.9 Å². The van der Waals surface area contributed by atoms with Crippen molar-refractivity contribution in [3.63, 3.8) is 0 Å². The first-order chi connectivity index (χ1) is 9.72. The van der Waals surface area contributed by atoms with Crippen molar-refractivity contribution in [3.8, 4) is 0 Å². The van der Waals surface area contributed by atoms with Crippen molar-refractivity contribution >= 4 is 38.4 Å². The minimum atomic E-state index is -0.131. The van der Waals surface area contributed by atoms with Crippen molar-refractivity contribution in [1.29, 1.82) is 0 Å². The molecule has 1 amide bonds. The summed E-state index contributed by atoms with van der Waals surface area (Å²) in [4.78, 5) is 16.5. The third-order valence-electron chi connectivity index (χ3n) is 2.95. The highest BCUT2D eigenvalue weighted by molar-refractivity contribution is 9.10. The Morgan fingerprint density at radius 2 is 1.95 bits per heavy atom. The molecule has 0 saturated heterocycles. The highest BCUT2D eigenvalue weighted by atomic mass is 79.9. The van der Waals surface area contributed by atoms with E-state index < -0.39 is 0 Å². The molecule has 0 aliphatic heterocycles. The van der Waals surface area contributed by atoms with E-state index in [1.54, 1.807) is 12.3 Å². The number of amides is 1. The van der Waals surface area contributed by atoms with Crippen LogP contribution >= 0.6 is 15.9 Å². The molecule has 0 fully saturated rings. The molecule has 0 radical (unpaired) electrons. The van der Waals surface area contributed by atoms with Crippen molar-refractivity contribution < 1.29 is 4.79 Å². The number of hydrogen-bond acceptors (Lipinski definition) is 2. The Morgan fingerprint density at radius 3 is 2.80 bits per heavy atom. The summed E-state index contributed by atoms with van der Waals surface area (Å²) in [7, 11) is 0. The van der Waals surface area contributed by atoms with E-state index in [9.17, 15) is 4.79 Å². The molecule has 3 nitrogen and oxygen atoms in total. The van der Waals surface area contributed by atoms with Crippen LogP contribution in [0.3, 0.4) is 0 Å². The molecule has 0 bridgehead atoms. The van der Waals surface area contributed by atoms with Crippen LogP contribution in [0, 0.1) is 0 Å². The number of nitrogens with one attached hydrogen (secondary N) is 1. The Hall–Kier alpha value is -2.20. The largest absolute Gasteiger partial charge is 0.322 e. The molecule has 3 rings (SSSR count). The fourth-order valence-electron chi connectivity index (χ4n) is 1.99. The number of rotatable bonds is 2. The lowest BCUT2D eigenvalue weighted by atomic mass is 10.1. The number of pyridine rings is 1. The van der Waals surface area contributed by atoms with E-state index in [2.05, 4.69) is 26.2 Å². The lowest BCUT2D eigenvalue weighted by Gasteiger charge is -2.06. The highest BCUT2D eigenvalue weighted by Gasteiger charge is 2.07. The van der Waals surface area contributed by atoms with Crippen molar-refractivity contribution in [2.45, 2.75) is 0 Å². The molecule has 0 spiro atoms. The van der Waals surface area contributed by atoms with Gasteiger partial charge in [0.1, 0.15) is 0 Å². The van der Waals surface area contributed by atoms with Gasteiger partial charge in [0.25, 0.3) is 5.91 Å². The van der Waals surface area contributed by atoms with Gasteiger partial charge in [-0.05, 0) is 42.5 Å². The molecule has 0 aliphatic rings. The van der Waals surface area contributed by atoms with Crippen molar-refractivity contribution in [2.24, 2.45) is 0 Å². The minimum Gasteiger partial charge on any atom is -0.322 e. The van der Waals surface area contributed by atoms with Gasteiger partial charge < -0.3 is 5.32 Å². The lowest BCUT2D eigenvalue weighted by Crippen LogP contribution is -2.11. The number of benzene rings is 2. The number of aromatic nitrogens is 1. The molecule has 0 aliphatic carbocycles. The molecule has 0 unspecified atom stereocenters. The first-order valence-corrected chi connectivity index (χ1v) is 6.93. The molecule has 3 aromatic rings. The Labute approximate surface area is 124 Å². The number of fused-ring (bicyclic) bond motifs is 1. The summed E-state index contributed by atoms with van der Waals surface area (Å²) in [5.74, 6) is -0.131. The summed E-state index contributed by atoms with van der Waals surface area (Å²) in [5.41, 5.74) is 2.26. The maximum Gasteiger partial charge on any atom is 0.255 e. The molecule has 2 aromatic carbocycles. The zero-order chi connectivity index (χ0) is 13.9. The van der Waals surface area contributed by atoms with E-state index in [0.717, 1.165) is 21.1 Å². The fourth-order valence-corrected chi connectivity index (χ4v) is 2.39. The van der Waals surface area contributed by atoms with Gasteiger partial charge in [-0.15, -0.1) is 0 Å². The van der Waals surface area contributed by atoms with Gasteiger partial charge in [-0.1, -0.05) is 28.1 Å². The fraction of sp³-hybridized carbons (Fsp3) is 0. The summed E-state index contributed by atoms with van der Waals surface area (Å²) < 4.78 is 0.929. The highest BCUT2D eigenvalue weighted by Crippen LogP contribution is 2.18. The van der Waals surface area contributed by atoms with Crippen molar-refractivity contribution in [2.75, 3.05) is 5.32 Å². The molecule has 0 saturated carbocycles. The second kappa shape index (κ2) is 5.43. The first-order valence-electron chi connectivity index (χ1n) is 6.14. The summed E-state index contributed by atoms with van der Waals surface area (Å²) in [6.07, 6.45) is 1.74. The van der Waals surface area contributed by atoms with Gasteiger partial charge in [0.2, 0.25) is 0 Å². The van der Waals surface area contributed by atoms with Gasteiger partial charge in [-0.25, -0.2) is 0 Å². The van der Waals surface area contributed by atoms with Gasteiger partial charge in [-0.2, -0.15) is 0 Å². The molecule has 0 atom stereocenters. The molecule has 20 heavy (non-hydrogen) atoms. The van der Waals surface area contributed by atoms with Gasteiger partial charge in [0, 0.05) is 27.3 Å². The average molecular weight is 327 g/mol. The number of hydrogen-bond donors (Lipinski definition) is 1. The Kier molecular flexibility index (Phi) is 3.48. The normalized spacial score (nSPS) is 10.4. The van der Waals surface area contributed by atoms with Crippen LogP contribution in [0.2, 0.25) is 0 Å². The second-order valence-corrected chi connectivity index (χ2v) is 5.29. The zero-order valence-corrected chi connectivity index (χ0v) is 12.1. The van der Waals surface area contributed by atoms with Crippen LogP contribution in [0.1, 0.15) is 10.4 Å². The third-order valence-corrected chi connectivity index (χ3v) is 3.44. The SMILES string of the molecule is O=C(Nc1cccc(Br)c1)c1ccc2ncccc2c1. The Balaban J connectivity index is 1.88. The van der Waals surface area contributed by atoms with Gasteiger partial charge in [-0.3, -0.25) is 9.78 Å². The number of nitrogens with zero attached hydrogens (tertiary/aromatic N) is 1. The summed E-state index contributed by atoms with van der Waals surface area (Å²) in [6, 6.07) is 16.8. The molecule has 1 heterocycles. The smallest absolute Gasteiger partial charge is 0.255 e. The maximum absolute atomic E-state index is 12.2. The van der Waals surface area contributed by atoms with E-state index >= 15 is 0 Å². The molecule has 1 aromatic heterocycles. The maximum atomic E-state index is 12.2. The van der Waals surface area contributed by atoms with Crippen LogP contribution in [0.25, 0.3) is 10.9 Å². The van der Waals surface area contributed by atoms with Crippen molar-refractivity contribution in [3.05, 3.63) is 70.8 Å². The van der Waals surface area contributed by atoms with Crippen LogP contribution in [0.5, 0.6) is 0 Å². The second-order valence-electron chi connectivity index (χ2n) is 4.38. The predicted octanol–water partition coefficient (Wildman–Crippen LogP) is 4.25. The Morgan fingerprint density at radius 1 is 1.05 bits per heavy atom. The topological polar surface area (TPSA) is 42.0 Å². The summed E-state index contributed by atoms with van der Waals surface area (Å²) >= 11 is 3.38. The number of carbonyl (C=O) groups is 1. The quantitative estimate of drug-likeness (QED) is 0.764. The molecule has 98 valence electrons. The predicted molar refractivity (Wildman–Crippen MR) is 83.8 cm³/mol. The Bertz CT molecular complexity index is 786. The minimum absolute atomic E-state index is 0.131. The molecule has 4 heteroatoms. The van der Waals surface area contributed by atoms with Gasteiger partial charge >= 0.3 is 0 Å². The van der Waals surface area contributed by atoms with E-state index in [-0.39, 0.29) is 5.91 Å². The monoisotopic (exact) mass is 326 g/mol. The van der Waals surface area contributed by atoms with Crippen LogP contribution < -0.4 is 5.32 Å². The lowest BCUT2D eigenvalue weighted by molar-refractivity contribution is 0.102. The van der Waals surface area contributed by atoms with E-state index in [0.29, 0.717) is 5.56 Å². The first kappa shape index (κ1) is 12.8. The van der Waals surface area contributed by atoms with E-state index in [1.165, 1.54) is 0 Å². The van der Waals surface area contributed by atoms with Crippen LogP contribution in [0.4, 0.5) is 5.69 Å². The van der Waals surface area contributed by atoms with Crippen LogP contribution in [0.15, 0.2) is 65.3 Å². The number of anilines is 1. The zero-order valence-electron chi connectivity index (χ0n) is 10.5. The van der Waals surface area contributed by atoms with Gasteiger partial charge in [0.15, 0.2) is 0 Å². The van der Waals surface area contributed by atoms with E-state index in [4.69, 9.17) is 0 Å². The van der Waals surface area contributed by atoms with Gasteiger partial charge in [0.05, 0.1) is 5.52 Å². The molecular weight excluding hydrogens is 316 g/mol. The van der Waals surface area contributed by atoms with Crippen molar-refractivity contribution in [1.82, 2.24) is 4.98 Å². The summed E-state index contributed by atoms with van der Waals surface area (Å²) in [6.45, 7) is 0. The van der Waals surface area contributed by atoms with Crippen LogP contribution in [-0.2, 0) is 0 Å². The number of carbonyl (C=O) groups excluding carboxylic acids is 1. The third kappa shape index (κ3) is 2.70. The number of halogens is 1.